The molecule has 0 fully saturated rings. The fraction of sp³-hybridized carbons (Fsp3) is 1.00. The first-order chi connectivity index (χ1) is 9.69. The summed E-state index contributed by atoms with van der Waals surface area (Å²) < 4.78 is 0. The smallest absolute Gasteiger partial charge is 0.0967 e. The Hall–Kier alpha value is 1.06. The first-order valence-corrected chi connectivity index (χ1v) is 14.6. The Bertz CT molecular complexity index is 131. The van der Waals surface area contributed by atoms with E-state index in [2.05, 4.69) is 41.5 Å². The maximum atomic E-state index is 2.32. The van der Waals surface area contributed by atoms with Crippen LogP contribution in [0.25, 0.3) is 0 Å². The summed E-state index contributed by atoms with van der Waals surface area (Å²) in [4.78, 5) is 0. The molecule has 0 aromatic rings. The van der Waals surface area contributed by atoms with Gasteiger partial charge in [-0.25, -0.2) is 0 Å². The summed E-state index contributed by atoms with van der Waals surface area (Å²) >= 11 is -0.458. The van der Waals surface area contributed by atoms with E-state index in [-0.39, 0.29) is 28.3 Å². The predicted molar refractivity (Wildman–Crippen MR) is 102 cm³/mol. The van der Waals surface area contributed by atoms with Gasteiger partial charge in [0.2, 0.25) is 0 Å². The monoisotopic (exact) mass is 312 g/mol. The van der Waals surface area contributed by atoms with Crippen LogP contribution in [0.5, 0.6) is 0 Å². The molecule has 0 rings (SSSR count). The second-order valence-corrected chi connectivity index (χ2v) is 14.0. The third-order valence-corrected chi connectivity index (χ3v) is 11.8. The highest BCUT2D eigenvalue weighted by Gasteiger charge is 2.14. The van der Waals surface area contributed by atoms with Crippen LogP contribution in [0.1, 0.15) is 80.1 Å². The van der Waals surface area contributed by atoms with Crippen molar-refractivity contribution in [2.24, 2.45) is 0 Å². The SMILES string of the molecule is CCC[CH2][Al]([CH2]CCC)[CH2]CCC.C[CH2][Al]([CH2]C)[CH2]C. The van der Waals surface area contributed by atoms with E-state index >= 15 is 0 Å². The Morgan fingerprint density at radius 3 is 0.900 bits per heavy atom. The largest absolute Gasteiger partial charge is 0.261 e. The molecule has 0 atom stereocenters. The lowest BCUT2D eigenvalue weighted by atomic mass is 10.4. The van der Waals surface area contributed by atoms with Gasteiger partial charge in [-0.05, 0) is 0 Å². The number of rotatable bonds is 12. The molecule has 0 saturated carbocycles. The van der Waals surface area contributed by atoms with Gasteiger partial charge < -0.3 is 0 Å². The zero-order chi connectivity index (χ0) is 15.6. The van der Waals surface area contributed by atoms with Gasteiger partial charge in [0, 0.05) is 0 Å². The number of hydrogen-bond donors (Lipinski definition) is 0. The second kappa shape index (κ2) is 20.1. The Kier molecular flexibility index (Phi) is 23.4. The van der Waals surface area contributed by atoms with E-state index in [0.29, 0.717) is 0 Å². The van der Waals surface area contributed by atoms with Crippen molar-refractivity contribution in [1.29, 1.82) is 0 Å². The molecule has 0 aromatic heterocycles. The van der Waals surface area contributed by atoms with E-state index < -0.39 is 0 Å². The minimum Gasteiger partial charge on any atom is -0.0967 e. The lowest BCUT2D eigenvalue weighted by Crippen LogP contribution is -2.11. The van der Waals surface area contributed by atoms with Crippen LogP contribution in [-0.2, 0) is 0 Å². The molecule has 120 valence electrons. The molecule has 0 bridgehead atoms. The zero-order valence-electron chi connectivity index (χ0n) is 15.6. The van der Waals surface area contributed by atoms with E-state index in [1.165, 1.54) is 54.4 Å². The van der Waals surface area contributed by atoms with Crippen molar-refractivity contribution >= 4 is 28.3 Å². The van der Waals surface area contributed by atoms with Gasteiger partial charge in [0.15, 0.2) is 0 Å². The van der Waals surface area contributed by atoms with Crippen molar-refractivity contribution in [2.75, 3.05) is 0 Å². The van der Waals surface area contributed by atoms with E-state index in [1.54, 1.807) is 15.8 Å². The van der Waals surface area contributed by atoms with Crippen LogP contribution >= 0.6 is 0 Å². The molecule has 0 amide bonds. The Morgan fingerprint density at radius 2 is 0.750 bits per heavy atom. The van der Waals surface area contributed by atoms with E-state index in [4.69, 9.17) is 0 Å². The van der Waals surface area contributed by atoms with Crippen molar-refractivity contribution in [3.63, 3.8) is 0 Å². The van der Waals surface area contributed by atoms with Crippen LogP contribution in [0, 0.1) is 0 Å². The van der Waals surface area contributed by atoms with Crippen molar-refractivity contribution in [3.05, 3.63) is 0 Å². The fourth-order valence-electron chi connectivity index (χ4n) is 2.78. The average molecular weight is 312 g/mol. The zero-order valence-corrected chi connectivity index (χ0v) is 17.9. The lowest BCUT2D eigenvalue weighted by molar-refractivity contribution is 0.812. The minimum absolute atomic E-state index is 0.171. The van der Waals surface area contributed by atoms with Gasteiger partial charge in [-0.3, -0.25) is 0 Å². The Labute approximate surface area is 139 Å². The van der Waals surface area contributed by atoms with E-state index in [1.807, 2.05) is 0 Å². The predicted octanol–water partition coefficient (Wildman–Crippen LogP) is 7.42. The molecule has 20 heavy (non-hydrogen) atoms. The molecule has 0 aliphatic carbocycles. The summed E-state index contributed by atoms with van der Waals surface area (Å²) in [6.45, 7) is 13.9. The summed E-state index contributed by atoms with van der Waals surface area (Å²) in [7, 11) is 0. The average Bonchev–Trinajstić information content (AvgIpc) is 2.49. The molecule has 0 heterocycles. The first kappa shape index (κ1) is 23.3. The minimum atomic E-state index is -0.287. The van der Waals surface area contributed by atoms with Crippen LogP contribution < -0.4 is 0 Å². The first-order valence-electron chi connectivity index (χ1n) is 9.69. The molecule has 0 spiro atoms. The highest BCUT2D eigenvalue weighted by atomic mass is 27.2. The molecule has 0 saturated heterocycles. The number of hydrogen-bond acceptors (Lipinski definition) is 0. The molecular weight excluding hydrogens is 270 g/mol. The fourth-order valence-corrected chi connectivity index (χ4v) is 8.33. The van der Waals surface area contributed by atoms with Gasteiger partial charge in [-0.15, -0.1) is 0 Å². The van der Waals surface area contributed by atoms with Gasteiger partial charge >= 0.3 is 0 Å². The van der Waals surface area contributed by atoms with Gasteiger partial charge in [0.05, 0.1) is 0 Å². The Morgan fingerprint density at radius 1 is 0.450 bits per heavy atom. The quantitative estimate of drug-likeness (QED) is 0.329. The van der Waals surface area contributed by atoms with Crippen molar-refractivity contribution in [1.82, 2.24) is 0 Å². The third-order valence-electron chi connectivity index (χ3n) is 4.63. The summed E-state index contributed by atoms with van der Waals surface area (Å²) in [6.07, 6.45) is 8.73. The molecule has 2 heteroatoms. The molecule has 0 N–H and O–H groups in total. The molecule has 0 aliphatic rings. The standard InChI is InChI=1S/3C4H9.3C2H5.2Al/c3*1-3-4-2;3*1-2;;/h3*1,3-4H2,2H3;3*1H2,2H3;;. The van der Waals surface area contributed by atoms with Crippen LogP contribution in [0.2, 0.25) is 31.7 Å². The molecule has 0 aliphatic heterocycles. The van der Waals surface area contributed by atoms with Gasteiger partial charge in [0.25, 0.3) is 28.3 Å². The van der Waals surface area contributed by atoms with E-state index in [0.717, 1.165) is 0 Å². The van der Waals surface area contributed by atoms with Gasteiger partial charge in [-0.2, -0.15) is 0 Å². The molecular formula is C18H42Al2. The lowest BCUT2D eigenvalue weighted by Gasteiger charge is -2.09. The summed E-state index contributed by atoms with van der Waals surface area (Å²) in [5, 5.41) is 9.34. The second-order valence-electron chi connectivity index (χ2n) is 6.38. The highest BCUT2D eigenvalue weighted by molar-refractivity contribution is 6.58. The summed E-state index contributed by atoms with van der Waals surface area (Å²) in [5.41, 5.74) is 0. The maximum Gasteiger partial charge on any atom is 0.261 e. The van der Waals surface area contributed by atoms with Crippen molar-refractivity contribution in [2.45, 2.75) is 112 Å². The van der Waals surface area contributed by atoms with Crippen molar-refractivity contribution in [3.8, 4) is 0 Å². The molecule has 0 radical (unpaired) electrons. The summed E-state index contributed by atoms with van der Waals surface area (Å²) in [5.74, 6) is 0. The summed E-state index contributed by atoms with van der Waals surface area (Å²) in [6, 6.07) is 0. The third kappa shape index (κ3) is 17.1. The molecule has 0 unspecified atom stereocenters. The van der Waals surface area contributed by atoms with Gasteiger partial charge in [-0.1, -0.05) is 112 Å². The maximum absolute atomic E-state index is 2.32. The van der Waals surface area contributed by atoms with Gasteiger partial charge in [0.1, 0.15) is 0 Å². The number of unbranched alkanes of at least 4 members (excludes halogenated alkanes) is 3. The van der Waals surface area contributed by atoms with E-state index in [9.17, 15) is 0 Å². The Balaban J connectivity index is 0. The highest BCUT2D eigenvalue weighted by Crippen LogP contribution is 2.16. The topological polar surface area (TPSA) is 0 Å². The van der Waals surface area contributed by atoms with Crippen molar-refractivity contribution < 1.29 is 0 Å². The van der Waals surface area contributed by atoms with Crippen LogP contribution in [0.3, 0.4) is 0 Å². The molecule has 0 nitrogen and oxygen atoms in total. The normalized spacial score (nSPS) is 9.90. The molecule has 0 aromatic carbocycles. The van der Waals surface area contributed by atoms with Crippen LogP contribution in [0.4, 0.5) is 0 Å². The van der Waals surface area contributed by atoms with Crippen LogP contribution in [-0.4, -0.2) is 28.3 Å². The van der Waals surface area contributed by atoms with Crippen LogP contribution in [0.15, 0.2) is 0 Å².